The lowest BCUT2D eigenvalue weighted by Gasteiger charge is -2.31. The van der Waals surface area contributed by atoms with Crippen LogP contribution < -0.4 is 0 Å². The van der Waals surface area contributed by atoms with Crippen molar-refractivity contribution < 1.29 is 32.6 Å². The molecule has 1 fully saturated rings. The lowest BCUT2D eigenvalue weighted by molar-refractivity contribution is -0.149. The number of halogens is 3. The highest BCUT2D eigenvalue weighted by Crippen LogP contribution is 2.19. The van der Waals surface area contributed by atoms with E-state index in [-0.39, 0.29) is 12.5 Å². The van der Waals surface area contributed by atoms with Gasteiger partial charge in [-0.3, -0.25) is 4.79 Å². The zero-order valence-corrected chi connectivity index (χ0v) is 11.7. The molecule has 1 N–H and O–H groups in total. The molecule has 9 heteroatoms. The number of carboxylic acid groups (broad SMARTS) is 1. The van der Waals surface area contributed by atoms with Crippen LogP contribution in [0.15, 0.2) is 0 Å². The highest BCUT2D eigenvalue weighted by atomic mass is 19.4. The SMILES string of the molecule is CN(CC1CCOCC1)C(=O)N(CC(=O)O)CC(F)(F)F. The maximum atomic E-state index is 12.4. The Morgan fingerprint density at radius 3 is 2.33 bits per heavy atom. The molecule has 0 aromatic carbocycles. The molecule has 0 aromatic rings. The average molecular weight is 312 g/mol. The summed E-state index contributed by atoms with van der Waals surface area (Å²) in [5.41, 5.74) is 0. The topological polar surface area (TPSA) is 70.1 Å². The highest BCUT2D eigenvalue weighted by molar-refractivity contribution is 5.80. The highest BCUT2D eigenvalue weighted by Gasteiger charge is 2.35. The monoisotopic (exact) mass is 312 g/mol. The van der Waals surface area contributed by atoms with Crippen molar-refractivity contribution in [3.63, 3.8) is 0 Å². The van der Waals surface area contributed by atoms with Crippen LogP contribution >= 0.6 is 0 Å². The molecule has 0 aromatic heterocycles. The molecule has 2 amide bonds. The molecule has 1 aliphatic rings. The van der Waals surface area contributed by atoms with Crippen LogP contribution in [0.4, 0.5) is 18.0 Å². The summed E-state index contributed by atoms with van der Waals surface area (Å²) in [6.07, 6.45) is -3.17. The van der Waals surface area contributed by atoms with E-state index in [4.69, 9.17) is 9.84 Å². The normalized spacial score (nSPS) is 16.6. The van der Waals surface area contributed by atoms with E-state index < -0.39 is 31.3 Å². The van der Waals surface area contributed by atoms with Crippen LogP contribution in [-0.4, -0.2) is 73.0 Å². The second kappa shape index (κ2) is 7.48. The lowest BCUT2D eigenvalue weighted by Crippen LogP contribution is -2.49. The quantitative estimate of drug-likeness (QED) is 0.833. The van der Waals surface area contributed by atoms with Crippen molar-refractivity contribution in [1.29, 1.82) is 0 Å². The fourth-order valence-corrected chi connectivity index (χ4v) is 2.21. The summed E-state index contributed by atoms with van der Waals surface area (Å²) in [6, 6.07) is -0.929. The van der Waals surface area contributed by atoms with Gasteiger partial charge in [0.1, 0.15) is 13.1 Å². The Morgan fingerprint density at radius 1 is 1.29 bits per heavy atom. The maximum Gasteiger partial charge on any atom is 0.406 e. The summed E-state index contributed by atoms with van der Waals surface area (Å²) in [7, 11) is 1.38. The zero-order valence-electron chi connectivity index (χ0n) is 11.7. The first-order valence-corrected chi connectivity index (χ1v) is 6.55. The third-order valence-corrected chi connectivity index (χ3v) is 3.17. The molecule has 6 nitrogen and oxygen atoms in total. The molecule has 0 aliphatic carbocycles. The van der Waals surface area contributed by atoms with Crippen LogP contribution in [0, 0.1) is 5.92 Å². The molecule has 1 heterocycles. The van der Waals surface area contributed by atoms with E-state index in [0.29, 0.717) is 18.1 Å². The largest absolute Gasteiger partial charge is 0.480 e. The summed E-state index contributed by atoms with van der Waals surface area (Å²) in [5, 5.41) is 8.64. The predicted molar refractivity (Wildman–Crippen MR) is 66.8 cm³/mol. The van der Waals surface area contributed by atoms with Gasteiger partial charge in [-0.2, -0.15) is 13.2 Å². The molecular formula is C12H19F3N2O4. The molecule has 0 atom stereocenters. The maximum absolute atomic E-state index is 12.4. The first-order chi connectivity index (χ1) is 9.69. The van der Waals surface area contributed by atoms with Gasteiger partial charge in [0.15, 0.2) is 0 Å². The van der Waals surface area contributed by atoms with Gasteiger partial charge in [-0.25, -0.2) is 4.79 Å². The fraction of sp³-hybridized carbons (Fsp3) is 0.833. The minimum Gasteiger partial charge on any atom is -0.480 e. The third-order valence-electron chi connectivity index (χ3n) is 3.17. The number of carboxylic acids is 1. The van der Waals surface area contributed by atoms with E-state index in [9.17, 15) is 22.8 Å². The lowest BCUT2D eigenvalue weighted by atomic mass is 10.00. The van der Waals surface area contributed by atoms with Gasteiger partial charge in [-0.1, -0.05) is 0 Å². The predicted octanol–water partition coefficient (Wildman–Crippen LogP) is 1.41. The summed E-state index contributed by atoms with van der Waals surface area (Å²) < 4.78 is 42.4. The summed E-state index contributed by atoms with van der Waals surface area (Å²) in [6.45, 7) is -1.13. The van der Waals surface area contributed by atoms with E-state index >= 15 is 0 Å². The van der Waals surface area contributed by atoms with Gasteiger partial charge in [-0.15, -0.1) is 0 Å². The first kappa shape index (κ1) is 17.5. The van der Waals surface area contributed by atoms with Crippen molar-refractivity contribution in [3.05, 3.63) is 0 Å². The standard InChI is InChI=1S/C12H19F3N2O4/c1-16(6-9-2-4-21-5-3-9)11(20)17(7-10(18)19)8-12(13,14)15/h9H,2-8H2,1H3,(H,18,19). The number of carbonyl (C=O) groups is 2. The summed E-state index contributed by atoms with van der Waals surface area (Å²) in [4.78, 5) is 24.0. The number of aliphatic carboxylic acids is 1. The molecule has 0 saturated carbocycles. The second-order valence-electron chi connectivity index (χ2n) is 5.08. The van der Waals surface area contributed by atoms with Crippen LogP contribution in [0.5, 0.6) is 0 Å². The number of hydrogen-bond acceptors (Lipinski definition) is 3. The molecule has 0 bridgehead atoms. The van der Waals surface area contributed by atoms with Gasteiger partial charge >= 0.3 is 18.2 Å². The number of rotatable bonds is 5. The minimum absolute atomic E-state index is 0.158. The minimum atomic E-state index is -4.63. The Balaban J connectivity index is 2.62. The van der Waals surface area contributed by atoms with Gasteiger partial charge in [0, 0.05) is 26.8 Å². The van der Waals surface area contributed by atoms with E-state index in [0.717, 1.165) is 17.7 Å². The molecule has 0 radical (unpaired) electrons. The van der Waals surface area contributed by atoms with Gasteiger partial charge < -0.3 is 19.6 Å². The number of hydrogen-bond donors (Lipinski definition) is 1. The Bertz CT molecular complexity index is 370. The first-order valence-electron chi connectivity index (χ1n) is 6.55. The third kappa shape index (κ3) is 6.65. The Labute approximate surface area is 120 Å². The average Bonchev–Trinajstić information content (AvgIpc) is 2.36. The summed E-state index contributed by atoms with van der Waals surface area (Å²) >= 11 is 0. The molecule has 0 unspecified atom stereocenters. The van der Waals surface area contributed by atoms with Crippen molar-refractivity contribution in [2.45, 2.75) is 19.0 Å². The van der Waals surface area contributed by atoms with Crippen molar-refractivity contribution in [1.82, 2.24) is 9.80 Å². The number of ether oxygens (including phenoxy) is 1. The van der Waals surface area contributed by atoms with Crippen molar-refractivity contribution in [2.75, 3.05) is 39.9 Å². The van der Waals surface area contributed by atoms with E-state index in [1.54, 1.807) is 0 Å². The van der Waals surface area contributed by atoms with Gasteiger partial charge in [0.05, 0.1) is 0 Å². The van der Waals surface area contributed by atoms with Crippen LogP contribution in [0.25, 0.3) is 0 Å². The Hall–Kier alpha value is -1.51. The zero-order chi connectivity index (χ0) is 16.0. The number of carbonyl (C=O) groups excluding carboxylic acids is 1. The van der Waals surface area contributed by atoms with Crippen molar-refractivity contribution >= 4 is 12.0 Å². The van der Waals surface area contributed by atoms with Crippen LogP contribution in [0.2, 0.25) is 0 Å². The van der Waals surface area contributed by atoms with Gasteiger partial charge in [0.2, 0.25) is 0 Å². The summed E-state index contributed by atoms with van der Waals surface area (Å²) in [5.74, 6) is -1.32. The van der Waals surface area contributed by atoms with Gasteiger partial charge in [-0.05, 0) is 18.8 Å². The van der Waals surface area contributed by atoms with E-state index in [1.807, 2.05) is 0 Å². The Morgan fingerprint density at radius 2 is 1.86 bits per heavy atom. The van der Waals surface area contributed by atoms with Crippen LogP contribution in [0.1, 0.15) is 12.8 Å². The van der Waals surface area contributed by atoms with Crippen molar-refractivity contribution in [2.24, 2.45) is 5.92 Å². The molecular weight excluding hydrogens is 293 g/mol. The second-order valence-corrected chi connectivity index (χ2v) is 5.08. The number of amides is 2. The number of alkyl halides is 3. The van der Waals surface area contributed by atoms with Gasteiger partial charge in [0.25, 0.3) is 0 Å². The van der Waals surface area contributed by atoms with Crippen molar-refractivity contribution in [3.8, 4) is 0 Å². The molecule has 1 aliphatic heterocycles. The van der Waals surface area contributed by atoms with Crippen LogP contribution in [0.3, 0.4) is 0 Å². The smallest absolute Gasteiger partial charge is 0.406 e. The Kier molecular flexibility index (Phi) is 6.25. The van der Waals surface area contributed by atoms with Crippen LogP contribution in [-0.2, 0) is 9.53 Å². The fourth-order valence-electron chi connectivity index (χ4n) is 2.21. The van der Waals surface area contributed by atoms with E-state index in [1.165, 1.54) is 7.05 Å². The molecule has 21 heavy (non-hydrogen) atoms. The number of nitrogens with zero attached hydrogens (tertiary/aromatic N) is 2. The van der Waals surface area contributed by atoms with E-state index in [2.05, 4.69) is 0 Å². The molecule has 122 valence electrons. The molecule has 1 saturated heterocycles. The number of urea groups is 1. The molecule has 0 spiro atoms. The molecule has 1 rings (SSSR count).